The number of hydrogen-bond donors (Lipinski definition) is 1. The Kier molecular flexibility index (Phi) is 3.83. The predicted octanol–water partition coefficient (Wildman–Crippen LogP) is 2.38. The highest BCUT2D eigenvalue weighted by Gasteiger charge is 2.02. The van der Waals surface area contributed by atoms with Crippen LogP contribution in [0.3, 0.4) is 0 Å². The van der Waals surface area contributed by atoms with Crippen LogP contribution >= 0.6 is 0 Å². The van der Waals surface area contributed by atoms with Crippen molar-refractivity contribution >= 4 is 0 Å². The molecule has 0 aromatic carbocycles. The molecule has 0 saturated carbocycles. The van der Waals surface area contributed by atoms with Gasteiger partial charge >= 0.3 is 0 Å². The molecule has 0 aliphatic rings. The maximum atomic E-state index is 8.82. The lowest BCUT2D eigenvalue weighted by molar-refractivity contribution is 0.288. The van der Waals surface area contributed by atoms with Gasteiger partial charge in [-0.25, -0.2) is 0 Å². The molecule has 0 amide bonds. The molecule has 0 aliphatic heterocycles. The Balaban J connectivity index is 2.26. The van der Waals surface area contributed by atoms with Crippen molar-refractivity contribution in [2.75, 3.05) is 6.61 Å². The lowest BCUT2D eigenvalue weighted by Crippen LogP contribution is -1.93. The molecule has 0 unspecified atom stereocenters. The van der Waals surface area contributed by atoms with Crippen LogP contribution in [0.5, 0.6) is 0 Å². The smallest absolute Gasteiger partial charge is 0.0888 e. The maximum absolute atomic E-state index is 8.82. The number of pyridine rings is 2. The van der Waals surface area contributed by atoms with Gasteiger partial charge in [0.15, 0.2) is 0 Å². The summed E-state index contributed by atoms with van der Waals surface area (Å²) in [6, 6.07) is 8.02. The number of aromatic nitrogens is 2. The third kappa shape index (κ3) is 3.11. The third-order valence-corrected chi connectivity index (χ3v) is 2.63. The Bertz CT molecular complexity index is 497. The van der Waals surface area contributed by atoms with E-state index in [1.54, 1.807) is 12.4 Å². The van der Waals surface area contributed by atoms with E-state index in [2.05, 4.69) is 9.97 Å². The van der Waals surface area contributed by atoms with Crippen molar-refractivity contribution in [3.8, 4) is 11.4 Å². The molecule has 2 aromatic rings. The third-order valence-electron chi connectivity index (χ3n) is 2.63. The molecule has 2 heterocycles. The standard InChI is InChI=1S/C14H16N2O/c1-11-4-6-15-13(9-11)14-10-12(3-2-8-17)5-7-16-14/h4-7,9-10,17H,2-3,8H2,1H3. The van der Waals surface area contributed by atoms with Crippen molar-refractivity contribution in [3.05, 3.63) is 47.8 Å². The molecule has 0 atom stereocenters. The molecule has 0 fully saturated rings. The van der Waals surface area contributed by atoms with E-state index in [4.69, 9.17) is 5.11 Å². The zero-order chi connectivity index (χ0) is 12.1. The first-order valence-electron chi connectivity index (χ1n) is 5.78. The fourth-order valence-corrected chi connectivity index (χ4v) is 1.73. The largest absolute Gasteiger partial charge is 0.396 e. The molecule has 0 aliphatic carbocycles. The first kappa shape index (κ1) is 11.7. The molecule has 2 aromatic heterocycles. The molecular formula is C14H16N2O. The van der Waals surface area contributed by atoms with Gasteiger partial charge in [-0.15, -0.1) is 0 Å². The summed E-state index contributed by atoms with van der Waals surface area (Å²) in [5.74, 6) is 0. The summed E-state index contributed by atoms with van der Waals surface area (Å²) in [4.78, 5) is 8.65. The first-order valence-corrected chi connectivity index (χ1v) is 5.78. The molecule has 17 heavy (non-hydrogen) atoms. The number of rotatable bonds is 4. The van der Waals surface area contributed by atoms with E-state index < -0.39 is 0 Å². The van der Waals surface area contributed by atoms with Crippen molar-refractivity contribution in [3.63, 3.8) is 0 Å². The van der Waals surface area contributed by atoms with Crippen LogP contribution < -0.4 is 0 Å². The van der Waals surface area contributed by atoms with E-state index in [0.717, 1.165) is 24.2 Å². The highest BCUT2D eigenvalue weighted by Crippen LogP contribution is 2.16. The molecule has 88 valence electrons. The van der Waals surface area contributed by atoms with Crippen LogP contribution in [0.25, 0.3) is 11.4 Å². The summed E-state index contributed by atoms with van der Waals surface area (Å²) in [6.45, 7) is 2.27. The van der Waals surface area contributed by atoms with Crippen LogP contribution in [0.4, 0.5) is 0 Å². The summed E-state index contributed by atoms with van der Waals surface area (Å²) in [5.41, 5.74) is 4.16. The van der Waals surface area contributed by atoms with E-state index in [1.165, 1.54) is 11.1 Å². The number of nitrogens with zero attached hydrogens (tertiary/aromatic N) is 2. The summed E-state index contributed by atoms with van der Waals surface area (Å²) in [5, 5.41) is 8.82. The van der Waals surface area contributed by atoms with Crippen LogP contribution in [-0.4, -0.2) is 21.7 Å². The van der Waals surface area contributed by atoms with Gasteiger partial charge in [0.25, 0.3) is 0 Å². The number of aryl methyl sites for hydroxylation is 2. The number of aliphatic hydroxyl groups is 1. The van der Waals surface area contributed by atoms with Crippen molar-refractivity contribution in [2.45, 2.75) is 19.8 Å². The molecule has 3 heteroatoms. The Morgan fingerprint density at radius 2 is 1.76 bits per heavy atom. The zero-order valence-corrected chi connectivity index (χ0v) is 9.93. The Hall–Kier alpha value is -1.74. The lowest BCUT2D eigenvalue weighted by Gasteiger charge is -2.04. The molecule has 0 bridgehead atoms. The van der Waals surface area contributed by atoms with Crippen molar-refractivity contribution < 1.29 is 5.11 Å². The minimum atomic E-state index is 0.223. The summed E-state index contributed by atoms with van der Waals surface area (Å²) < 4.78 is 0. The second-order valence-electron chi connectivity index (χ2n) is 4.09. The minimum Gasteiger partial charge on any atom is -0.396 e. The maximum Gasteiger partial charge on any atom is 0.0888 e. The molecule has 3 nitrogen and oxygen atoms in total. The monoisotopic (exact) mass is 228 g/mol. The number of hydrogen-bond acceptors (Lipinski definition) is 3. The van der Waals surface area contributed by atoms with Crippen molar-refractivity contribution in [1.82, 2.24) is 9.97 Å². The molecule has 2 rings (SSSR count). The fraction of sp³-hybridized carbons (Fsp3) is 0.286. The van der Waals surface area contributed by atoms with Crippen LogP contribution in [0.2, 0.25) is 0 Å². The molecule has 1 N–H and O–H groups in total. The van der Waals surface area contributed by atoms with E-state index in [0.29, 0.717) is 0 Å². The van der Waals surface area contributed by atoms with Gasteiger partial charge in [-0.05, 0) is 55.2 Å². The second-order valence-corrected chi connectivity index (χ2v) is 4.09. The van der Waals surface area contributed by atoms with E-state index >= 15 is 0 Å². The van der Waals surface area contributed by atoms with Crippen LogP contribution in [0.15, 0.2) is 36.7 Å². The number of aliphatic hydroxyl groups excluding tert-OH is 1. The van der Waals surface area contributed by atoms with E-state index in [1.807, 2.05) is 31.2 Å². The van der Waals surface area contributed by atoms with Gasteiger partial charge in [0.1, 0.15) is 0 Å². The highest BCUT2D eigenvalue weighted by atomic mass is 16.2. The Labute approximate surface area is 101 Å². The van der Waals surface area contributed by atoms with Crippen LogP contribution in [0, 0.1) is 6.92 Å². The Morgan fingerprint density at radius 3 is 2.47 bits per heavy atom. The second kappa shape index (κ2) is 5.55. The highest BCUT2D eigenvalue weighted by molar-refractivity contribution is 5.55. The normalized spacial score (nSPS) is 10.5. The van der Waals surface area contributed by atoms with Gasteiger partial charge in [0, 0.05) is 19.0 Å². The van der Waals surface area contributed by atoms with Crippen LogP contribution in [0.1, 0.15) is 17.5 Å². The summed E-state index contributed by atoms with van der Waals surface area (Å²) in [7, 11) is 0. The van der Waals surface area contributed by atoms with Gasteiger partial charge < -0.3 is 5.11 Å². The topological polar surface area (TPSA) is 46.0 Å². The van der Waals surface area contributed by atoms with Gasteiger partial charge in [-0.1, -0.05) is 0 Å². The quantitative estimate of drug-likeness (QED) is 0.873. The molecular weight excluding hydrogens is 212 g/mol. The van der Waals surface area contributed by atoms with E-state index in [9.17, 15) is 0 Å². The zero-order valence-electron chi connectivity index (χ0n) is 9.93. The van der Waals surface area contributed by atoms with Gasteiger partial charge in [0.2, 0.25) is 0 Å². The predicted molar refractivity (Wildman–Crippen MR) is 67.6 cm³/mol. The van der Waals surface area contributed by atoms with Crippen LogP contribution in [-0.2, 0) is 6.42 Å². The van der Waals surface area contributed by atoms with E-state index in [-0.39, 0.29) is 6.61 Å². The lowest BCUT2D eigenvalue weighted by atomic mass is 10.1. The van der Waals surface area contributed by atoms with Crippen molar-refractivity contribution in [2.24, 2.45) is 0 Å². The van der Waals surface area contributed by atoms with Gasteiger partial charge in [-0.3, -0.25) is 9.97 Å². The molecule has 0 radical (unpaired) electrons. The summed E-state index contributed by atoms with van der Waals surface area (Å²) in [6.07, 6.45) is 5.25. The molecule has 0 saturated heterocycles. The average Bonchev–Trinajstić information content (AvgIpc) is 2.37. The SMILES string of the molecule is Cc1ccnc(-c2cc(CCCO)ccn2)c1. The Morgan fingerprint density at radius 1 is 1.06 bits per heavy atom. The van der Waals surface area contributed by atoms with Gasteiger partial charge in [0.05, 0.1) is 11.4 Å². The average molecular weight is 228 g/mol. The first-order chi connectivity index (χ1) is 8.29. The van der Waals surface area contributed by atoms with Crippen molar-refractivity contribution in [1.29, 1.82) is 0 Å². The fourth-order valence-electron chi connectivity index (χ4n) is 1.73. The van der Waals surface area contributed by atoms with Gasteiger partial charge in [-0.2, -0.15) is 0 Å². The molecule has 0 spiro atoms. The minimum absolute atomic E-state index is 0.223. The summed E-state index contributed by atoms with van der Waals surface area (Å²) >= 11 is 0.